The van der Waals surface area contributed by atoms with E-state index in [1.807, 2.05) is 6.92 Å². The zero-order valence-electron chi connectivity index (χ0n) is 14.3. The number of β-amino-alcohol motifs (C(OH)–C–C–N with tert-alkyl or cyclic N) is 1. The maximum Gasteiger partial charge on any atom is 0.339 e. The predicted octanol–water partition coefficient (Wildman–Crippen LogP) is 0.455. The number of anilines is 1. The topological polar surface area (TPSA) is 105 Å². The predicted molar refractivity (Wildman–Crippen MR) is 88.8 cm³/mol. The van der Waals surface area contributed by atoms with Crippen molar-refractivity contribution in [3.8, 4) is 0 Å². The number of nitrogens with zero attached hydrogens (tertiary/aromatic N) is 1. The molecule has 0 aromatic heterocycles. The van der Waals surface area contributed by atoms with Crippen molar-refractivity contribution >= 4 is 23.5 Å². The molecule has 1 amide bonds. The lowest BCUT2D eigenvalue weighted by Crippen LogP contribution is -2.31. The highest BCUT2D eigenvalue weighted by atomic mass is 16.5. The molecule has 8 heteroatoms. The average Bonchev–Trinajstić information content (AvgIpc) is 2.91. The molecule has 1 aromatic rings. The monoisotopic (exact) mass is 348 g/mol. The Balaban J connectivity index is 2.43. The third-order valence-corrected chi connectivity index (χ3v) is 3.79. The van der Waals surface area contributed by atoms with Gasteiger partial charge in [-0.2, -0.15) is 0 Å². The molecule has 134 valence electrons. The van der Waals surface area contributed by atoms with Crippen molar-refractivity contribution in [3.63, 3.8) is 0 Å². The van der Waals surface area contributed by atoms with Crippen molar-refractivity contribution in [1.29, 1.82) is 0 Å². The number of benzene rings is 1. The molecule has 0 radical (unpaired) electrons. The first kappa shape index (κ1) is 18.5. The third kappa shape index (κ3) is 3.80. The molecular formula is C17H20N2O6. The Morgan fingerprint density at radius 3 is 2.52 bits per heavy atom. The number of rotatable bonds is 6. The van der Waals surface area contributed by atoms with Gasteiger partial charge >= 0.3 is 11.9 Å². The van der Waals surface area contributed by atoms with Gasteiger partial charge in [-0.25, -0.2) is 9.59 Å². The summed E-state index contributed by atoms with van der Waals surface area (Å²) in [6.07, 6.45) is 0. The molecular weight excluding hydrogens is 328 g/mol. The SMILES string of the molecule is COC(=O)C1=C(Nc2ccc(C)cc2C(=O)OC)C(=O)N(CCO)C1. The van der Waals surface area contributed by atoms with Gasteiger partial charge in [-0.15, -0.1) is 0 Å². The smallest absolute Gasteiger partial charge is 0.339 e. The molecule has 2 rings (SSSR count). The number of amides is 1. The maximum atomic E-state index is 12.5. The first-order valence-electron chi connectivity index (χ1n) is 7.60. The number of aliphatic hydroxyl groups is 1. The Morgan fingerprint density at radius 1 is 1.24 bits per heavy atom. The fourth-order valence-corrected chi connectivity index (χ4v) is 2.53. The number of hydrogen-bond donors (Lipinski definition) is 2. The first-order valence-corrected chi connectivity index (χ1v) is 7.60. The molecule has 1 aromatic carbocycles. The van der Waals surface area contributed by atoms with E-state index >= 15 is 0 Å². The van der Waals surface area contributed by atoms with E-state index in [1.165, 1.54) is 19.1 Å². The van der Waals surface area contributed by atoms with Gasteiger partial charge in [-0.3, -0.25) is 4.79 Å². The molecule has 0 unspecified atom stereocenters. The first-order chi connectivity index (χ1) is 11.9. The normalized spacial score (nSPS) is 13.9. The van der Waals surface area contributed by atoms with E-state index < -0.39 is 17.8 Å². The van der Waals surface area contributed by atoms with Crippen LogP contribution in [0.5, 0.6) is 0 Å². The van der Waals surface area contributed by atoms with Crippen LogP contribution in [0.15, 0.2) is 29.5 Å². The number of nitrogens with one attached hydrogen (secondary N) is 1. The van der Waals surface area contributed by atoms with Crippen LogP contribution in [0.4, 0.5) is 5.69 Å². The van der Waals surface area contributed by atoms with Gasteiger partial charge in [0.05, 0.1) is 44.2 Å². The van der Waals surface area contributed by atoms with Gasteiger partial charge in [-0.1, -0.05) is 11.6 Å². The van der Waals surface area contributed by atoms with Gasteiger partial charge in [0.2, 0.25) is 0 Å². The maximum absolute atomic E-state index is 12.5. The number of carbonyl (C=O) groups excluding carboxylic acids is 3. The van der Waals surface area contributed by atoms with Crippen LogP contribution in [0.1, 0.15) is 15.9 Å². The average molecular weight is 348 g/mol. The molecule has 2 N–H and O–H groups in total. The lowest BCUT2D eigenvalue weighted by molar-refractivity contribution is -0.136. The highest BCUT2D eigenvalue weighted by molar-refractivity contribution is 6.09. The van der Waals surface area contributed by atoms with E-state index in [0.717, 1.165) is 5.56 Å². The molecule has 25 heavy (non-hydrogen) atoms. The minimum atomic E-state index is -0.650. The Hall–Kier alpha value is -2.87. The molecule has 0 fully saturated rings. The standard InChI is InChI=1S/C17H20N2O6/c1-10-4-5-13(11(8-10)16(22)24-2)18-14-12(17(23)25-3)9-19(6-7-20)15(14)21/h4-5,8,18,20H,6-7,9H2,1-3H3. The van der Waals surface area contributed by atoms with Crippen LogP contribution in [0, 0.1) is 6.92 Å². The Kier molecular flexibility index (Phi) is 5.76. The van der Waals surface area contributed by atoms with Gasteiger partial charge in [0.15, 0.2) is 0 Å². The molecule has 0 saturated carbocycles. The largest absolute Gasteiger partial charge is 0.466 e. The second-order valence-electron chi connectivity index (χ2n) is 5.46. The molecule has 0 bridgehead atoms. The van der Waals surface area contributed by atoms with Crippen molar-refractivity contribution in [2.75, 3.05) is 39.2 Å². The van der Waals surface area contributed by atoms with Gasteiger partial charge < -0.3 is 24.8 Å². The number of ether oxygens (including phenoxy) is 2. The van der Waals surface area contributed by atoms with E-state index in [0.29, 0.717) is 5.69 Å². The van der Waals surface area contributed by atoms with Gasteiger partial charge in [0.1, 0.15) is 5.70 Å². The van der Waals surface area contributed by atoms with Crippen molar-refractivity contribution < 1.29 is 29.0 Å². The molecule has 0 atom stereocenters. The Labute approximate surface area is 145 Å². The van der Waals surface area contributed by atoms with Crippen LogP contribution in [-0.4, -0.2) is 61.8 Å². The summed E-state index contributed by atoms with van der Waals surface area (Å²) < 4.78 is 9.49. The lowest BCUT2D eigenvalue weighted by Gasteiger charge is -2.16. The van der Waals surface area contributed by atoms with Crippen molar-refractivity contribution in [1.82, 2.24) is 4.90 Å². The number of aliphatic hydroxyl groups excluding tert-OH is 1. The van der Waals surface area contributed by atoms with Gasteiger partial charge in [-0.05, 0) is 19.1 Å². The zero-order chi connectivity index (χ0) is 18.6. The van der Waals surface area contributed by atoms with Gasteiger partial charge in [0.25, 0.3) is 5.91 Å². The number of esters is 2. The lowest BCUT2D eigenvalue weighted by atomic mass is 10.1. The number of aryl methyl sites for hydroxylation is 1. The highest BCUT2D eigenvalue weighted by Crippen LogP contribution is 2.26. The van der Waals surface area contributed by atoms with Crippen molar-refractivity contribution in [2.24, 2.45) is 0 Å². The second-order valence-corrected chi connectivity index (χ2v) is 5.46. The van der Waals surface area contributed by atoms with Crippen LogP contribution < -0.4 is 5.32 Å². The second kappa shape index (κ2) is 7.80. The molecule has 0 spiro atoms. The molecule has 8 nitrogen and oxygen atoms in total. The quantitative estimate of drug-likeness (QED) is 0.719. The molecule has 1 heterocycles. The minimum Gasteiger partial charge on any atom is -0.466 e. The summed E-state index contributed by atoms with van der Waals surface area (Å²) in [4.78, 5) is 37.8. The molecule has 1 aliphatic rings. The van der Waals surface area contributed by atoms with Crippen LogP contribution in [-0.2, 0) is 19.1 Å². The Morgan fingerprint density at radius 2 is 1.92 bits per heavy atom. The van der Waals surface area contributed by atoms with Crippen LogP contribution in [0.2, 0.25) is 0 Å². The highest BCUT2D eigenvalue weighted by Gasteiger charge is 2.35. The number of carbonyl (C=O) groups is 3. The van der Waals surface area contributed by atoms with Crippen LogP contribution in [0.25, 0.3) is 0 Å². The fraction of sp³-hybridized carbons (Fsp3) is 0.353. The molecule has 0 saturated heterocycles. The van der Waals surface area contributed by atoms with E-state index in [2.05, 4.69) is 5.32 Å². The zero-order valence-corrected chi connectivity index (χ0v) is 14.3. The van der Waals surface area contributed by atoms with Gasteiger partial charge in [0, 0.05) is 6.54 Å². The summed E-state index contributed by atoms with van der Waals surface area (Å²) in [6.45, 7) is 1.70. The molecule has 1 aliphatic heterocycles. The van der Waals surface area contributed by atoms with E-state index in [9.17, 15) is 14.4 Å². The summed E-state index contributed by atoms with van der Waals surface area (Å²) in [7, 11) is 2.48. The summed E-state index contributed by atoms with van der Waals surface area (Å²) in [5.41, 5.74) is 1.58. The summed E-state index contributed by atoms with van der Waals surface area (Å²) in [5.74, 6) is -1.67. The van der Waals surface area contributed by atoms with Crippen molar-refractivity contribution in [2.45, 2.75) is 6.92 Å². The fourth-order valence-electron chi connectivity index (χ4n) is 2.53. The van der Waals surface area contributed by atoms with E-state index in [1.54, 1.807) is 18.2 Å². The summed E-state index contributed by atoms with van der Waals surface area (Å²) in [5, 5.41) is 11.9. The summed E-state index contributed by atoms with van der Waals surface area (Å²) in [6, 6.07) is 5.01. The van der Waals surface area contributed by atoms with E-state index in [4.69, 9.17) is 14.6 Å². The number of methoxy groups -OCH3 is 2. The number of hydrogen-bond acceptors (Lipinski definition) is 7. The van der Waals surface area contributed by atoms with Crippen LogP contribution >= 0.6 is 0 Å². The summed E-state index contributed by atoms with van der Waals surface area (Å²) >= 11 is 0. The minimum absolute atomic E-state index is 0.0216. The van der Waals surface area contributed by atoms with Crippen LogP contribution in [0.3, 0.4) is 0 Å². The van der Waals surface area contributed by atoms with E-state index in [-0.39, 0.29) is 36.5 Å². The van der Waals surface area contributed by atoms with Crippen molar-refractivity contribution in [3.05, 3.63) is 40.6 Å². The Bertz CT molecular complexity index is 741. The third-order valence-electron chi connectivity index (χ3n) is 3.79. The molecule has 0 aliphatic carbocycles.